The highest BCUT2D eigenvalue weighted by Gasteiger charge is 2.11. The molecular formula is C15H21F2N3O2. The van der Waals surface area contributed by atoms with E-state index < -0.39 is 6.61 Å². The van der Waals surface area contributed by atoms with Crippen molar-refractivity contribution in [2.45, 2.75) is 20.1 Å². The lowest BCUT2D eigenvalue weighted by atomic mass is 10.2. The van der Waals surface area contributed by atoms with Crippen LogP contribution in [0, 0.1) is 0 Å². The number of alkyl halides is 2. The molecule has 0 amide bonds. The highest BCUT2D eigenvalue weighted by atomic mass is 19.3. The molecule has 22 heavy (non-hydrogen) atoms. The molecular weight excluding hydrogens is 292 g/mol. The van der Waals surface area contributed by atoms with E-state index in [1.807, 2.05) is 6.92 Å². The number of benzene rings is 1. The summed E-state index contributed by atoms with van der Waals surface area (Å²) < 4.78 is 34.5. The van der Waals surface area contributed by atoms with Gasteiger partial charge in [0.15, 0.2) is 5.96 Å². The monoisotopic (exact) mass is 313 g/mol. The molecule has 0 unspecified atom stereocenters. The Balaban J connectivity index is 2.93. The number of nitrogens with zero attached hydrogens (tertiary/aromatic N) is 1. The van der Waals surface area contributed by atoms with E-state index >= 15 is 0 Å². The highest BCUT2D eigenvalue weighted by molar-refractivity contribution is 5.79. The second-order valence-corrected chi connectivity index (χ2v) is 4.22. The van der Waals surface area contributed by atoms with Gasteiger partial charge in [-0.3, -0.25) is 0 Å². The summed E-state index contributed by atoms with van der Waals surface area (Å²) in [7, 11) is 1.51. The van der Waals surface area contributed by atoms with Gasteiger partial charge in [-0.1, -0.05) is 6.08 Å². The average molecular weight is 313 g/mol. The van der Waals surface area contributed by atoms with Crippen LogP contribution in [-0.4, -0.2) is 32.8 Å². The van der Waals surface area contributed by atoms with Crippen molar-refractivity contribution in [3.05, 3.63) is 36.4 Å². The maximum atomic E-state index is 12.4. The van der Waals surface area contributed by atoms with Crippen LogP contribution in [-0.2, 0) is 6.54 Å². The number of guanidine groups is 1. The molecule has 0 fully saturated rings. The molecule has 122 valence electrons. The van der Waals surface area contributed by atoms with E-state index in [4.69, 9.17) is 4.74 Å². The second kappa shape index (κ2) is 9.59. The first-order valence-electron chi connectivity index (χ1n) is 6.85. The molecule has 0 spiro atoms. The van der Waals surface area contributed by atoms with Gasteiger partial charge in [0.1, 0.15) is 11.5 Å². The SMILES string of the molecule is C=CCNC(=NCc1cc(OC)ccc1OC(F)F)NCC. The Morgan fingerprint density at radius 3 is 2.77 bits per heavy atom. The predicted octanol–water partition coefficient (Wildman–Crippen LogP) is 2.54. The number of ether oxygens (including phenoxy) is 2. The van der Waals surface area contributed by atoms with Crippen molar-refractivity contribution in [2.75, 3.05) is 20.2 Å². The van der Waals surface area contributed by atoms with Gasteiger partial charge in [0, 0.05) is 18.7 Å². The lowest BCUT2D eigenvalue weighted by Gasteiger charge is -2.13. The number of nitrogens with one attached hydrogen (secondary N) is 2. The molecule has 0 heterocycles. The van der Waals surface area contributed by atoms with E-state index in [1.54, 1.807) is 18.2 Å². The van der Waals surface area contributed by atoms with Gasteiger partial charge in [-0.05, 0) is 25.1 Å². The van der Waals surface area contributed by atoms with Crippen molar-refractivity contribution in [3.63, 3.8) is 0 Å². The zero-order chi connectivity index (χ0) is 16.4. The van der Waals surface area contributed by atoms with Gasteiger partial charge in [-0.25, -0.2) is 4.99 Å². The molecule has 0 radical (unpaired) electrons. The zero-order valence-corrected chi connectivity index (χ0v) is 12.7. The fourth-order valence-corrected chi connectivity index (χ4v) is 1.69. The van der Waals surface area contributed by atoms with Crippen LogP contribution in [0.15, 0.2) is 35.8 Å². The normalized spacial score (nSPS) is 11.2. The van der Waals surface area contributed by atoms with Gasteiger partial charge in [0.25, 0.3) is 0 Å². The standard InChI is InChI=1S/C15H21F2N3O2/c1-4-8-19-15(18-5-2)20-10-11-9-12(21-3)6-7-13(11)22-14(16)17/h4,6-7,9,14H,1,5,8,10H2,2-3H3,(H2,18,19,20). The van der Waals surface area contributed by atoms with Crippen molar-refractivity contribution in [3.8, 4) is 11.5 Å². The van der Waals surface area contributed by atoms with Gasteiger partial charge >= 0.3 is 6.61 Å². The average Bonchev–Trinajstić information content (AvgIpc) is 2.50. The van der Waals surface area contributed by atoms with Crippen molar-refractivity contribution >= 4 is 5.96 Å². The third kappa shape index (κ3) is 5.99. The Labute approximate surface area is 129 Å². The van der Waals surface area contributed by atoms with Crippen molar-refractivity contribution in [1.29, 1.82) is 0 Å². The van der Waals surface area contributed by atoms with E-state index in [0.717, 1.165) is 0 Å². The smallest absolute Gasteiger partial charge is 0.387 e. The minimum Gasteiger partial charge on any atom is -0.497 e. The molecule has 7 heteroatoms. The molecule has 0 aliphatic rings. The van der Waals surface area contributed by atoms with Crippen LogP contribution in [0.4, 0.5) is 8.78 Å². The van der Waals surface area contributed by atoms with E-state index in [1.165, 1.54) is 13.2 Å². The molecule has 5 nitrogen and oxygen atoms in total. The van der Waals surface area contributed by atoms with Gasteiger partial charge in [0.05, 0.1) is 13.7 Å². The number of methoxy groups -OCH3 is 1. The van der Waals surface area contributed by atoms with E-state index in [-0.39, 0.29) is 12.3 Å². The first-order valence-corrected chi connectivity index (χ1v) is 6.85. The van der Waals surface area contributed by atoms with Gasteiger partial charge in [0.2, 0.25) is 0 Å². The Hall–Kier alpha value is -2.31. The summed E-state index contributed by atoms with van der Waals surface area (Å²) in [6, 6.07) is 4.63. The van der Waals surface area contributed by atoms with Crippen LogP contribution >= 0.6 is 0 Å². The number of aliphatic imine (C=N–C) groups is 1. The van der Waals surface area contributed by atoms with Crippen LogP contribution in [0.1, 0.15) is 12.5 Å². The molecule has 0 atom stereocenters. The summed E-state index contributed by atoms with van der Waals surface area (Å²) in [6.07, 6.45) is 1.70. The molecule has 2 N–H and O–H groups in total. The third-order valence-electron chi connectivity index (χ3n) is 2.65. The summed E-state index contributed by atoms with van der Waals surface area (Å²) in [4.78, 5) is 4.33. The predicted molar refractivity (Wildman–Crippen MR) is 82.6 cm³/mol. The summed E-state index contributed by atoms with van der Waals surface area (Å²) in [5.41, 5.74) is 0.510. The molecule has 1 rings (SSSR count). The molecule has 1 aromatic rings. The minimum atomic E-state index is -2.89. The number of hydrogen-bond acceptors (Lipinski definition) is 3. The maximum absolute atomic E-state index is 12.4. The molecule has 0 aliphatic carbocycles. The first-order chi connectivity index (χ1) is 10.6. The lowest BCUT2D eigenvalue weighted by Crippen LogP contribution is -2.37. The Kier molecular flexibility index (Phi) is 7.74. The fraction of sp³-hybridized carbons (Fsp3) is 0.400. The molecule has 0 bridgehead atoms. The van der Waals surface area contributed by atoms with Crippen LogP contribution in [0.3, 0.4) is 0 Å². The van der Waals surface area contributed by atoms with E-state index in [0.29, 0.717) is 30.4 Å². The molecule has 0 aromatic heterocycles. The maximum Gasteiger partial charge on any atom is 0.387 e. The quantitative estimate of drug-likeness (QED) is 0.440. The Morgan fingerprint density at radius 1 is 1.41 bits per heavy atom. The summed E-state index contributed by atoms with van der Waals surface area (Å²) in [5.74, 6) is 1.20. The molecule has 1 aromatic carbocycles. The molecule has 0 saturated heterocycles. The first kappa shape index (κ1) is 17.7. The summed E-state index contributed by atoms with van der Waals surface area (Å²) in [6.45, 7) is 4.06. The van der Waals surface area contributed by atoms with Crippen molar-refractivity contribution < 1.29 is 18.3 Å². The Bertz CT molecular complexity index is 508. The van der Waals surface area contributed by atoms with Gasteiger partial charge in [-0.15, -0.1) is 6.58 Å². The Morgan fingerprint density at radius 2 is 2.18 bits per heavy atom. The highest BCUT2D eigenvalue weighted by Crippen LogP contribution is 2.26. The fourth-order valence-electron chi connectivity index (χ4n) is 1.69. The van der Waals surface area contributed by atoms with Crippen molar-refractivity contribution in [1.82, 2.24) is 10.6 Å². The molecule has 0 saturated carbocycles. The van der Waals surface area contributed by atoms with Crippen LogP contribution in [0.2, 0.25) is 0 Å². The largest absolute Gasteiger partial charge is 0.497 e. The van der Waals surface area contributed by atoms with E-state index in [2.05, 4.69) is 26.9 Å². The zero-order valence-electron chi connectivity index (χ0n) is 12.7. The van der Waals surface area contributed by atoms with Crippen LogP contribution in [0.5, 0.6) is 11.5 Å². The van der Waals surface area contributed by atoms with E-state index in [9.17, 15) is 8.78 Å². The molecule has 0 aliphatic heterocycles. The van der Waals surface area contributed by atoms with Crippen molar-refractivity contribution in [2.24, 2.45) is 4.99 Å². The topological polar surface area (TPSA) is 54.9 Å². The minimum absolute atomic E-state index is 0.0825. The summed E-state index contributed by atoms with van der Waals surface area (Å²) >= 11 is 0. The van der Waals surface area contributed by atoms with Crippen LogP contribution in [0.25, 0.3) is 0 Å². The van der Waals surface area contributed by atoms with Crippen LogP contribution < -0.4 is 20.1 Å². The third-order valence-corrected chi connectivity index (χ3v) is 2.65. The number of rotatable bonds is 8. The number of hydrogen-bond donors (Lipinski definition) is 2. The van der Waals surface area contributed by atoms with Gasteiger partial charge in [-0.2, -0.15) is 8.78 Å². The van der Waals surface area contributed by atoms with Gasteiger partial charge < -0.3 is 20.1 Å². The second-order valence-electron chi connectivity index (χ2n) is 4.22. The lowest BCUT2D eigenvalue weighted by molar-refractivity contribution is -0.0504. The number of halogens is 2. The summed E-state index contributed by atoms with van der Waals surface area (Å²) in [5, 5.41) is 6.08.